The molecule has 4 aromatic rings. The highest BCUT2D eigenvalue weighted by Gasteiger charge is 2.37. The number of benzene rings is 4. The van der Waals surface area contributed by atoms with Crippen LogP contribution in [0.5, 0.6) is 5.75 Å². The second-order valence-corrected chi connectivity index (χ2v) is 10.2. The monoisotopic (exact) mass is 582 g/mol. The van der Waals surface area contributed by atoms with E-state index >= 15 is 0 Å². The number of rotatable bonds is 10. The second-order valence-electron chi connectivity index (χ2n) is 10.2. The summed E-state index contributed by atoms with van der Waals surface area (Å²) < 4.78 is 5.37. The van der Waals surface area contributed by atoms with E-state index in [1.807, 2.05) is 94.5 Å². The lowest BCUT2D eigenvalue weighted by Gasteiger charge is -2.36. The van der Waals surface area contributed by atoms with E-state index in [0.29, 0.717) is 28.5 Å². The van der Waals surface area contributed by atoms with E-state index in [9.17, 15) is 14.4 Å². The summed E-state index contributed by atoms with van der Waals surface area (Å²) in [7, 11) is 3.49. The fourth-order valence-corrected chi connectivity index (χ4v) is 4.59. The number of hydrogen-bond acceptors (Lipinski definition) is 5. The molecular formula is C37H46N2O4. The highest BCUT2D eigenvalue weighted by molar-refractivity contribution is 6.03. The van der Waals surface area contributed by atoms with Crippen molar-refractivity contribution in [1.82, 2.24) is 10.2 Å². The van der Waals surface area contributed by atoms with Gasteiger partial charge in [0.2, 0.25) is 0 Å². The van der Waals surface area contributed by atoms with Gasteiger partial charge in [0.05, 0.1) is 7.11 Å². The van der Waals surface area contributed by atoms with E-state index in [-0.39, 0.29) is 18.1 Å². The molecule has 0 aliphatic carbocycles. The molecule has 0 radical (unpaired) electrons. The average molecular weight is 583 g/mol. The molecule has 6 nitrogen and oxygen atoms in total. The van der Waals surface area contributed by atoms with Crippen LogP contribution >= 0.6 is 0 Å². The number of aryl methyl sites for hydroxylation is 1. The Labute approximate surface area is 257 Å². The highest BCUT2D eigenvalue weighted by atomic mass is 16.5. The van der Waals surface area contributed by atoms with Crippen molar-refractivity contribution < 1.29 is 19.1 Å². The summed E-state index contributed by atoms with van der Waals surface area (Å²) in [6.07, 6.45) is 0.936. The van der Waals surface area contributed by atoms with Gasteiger partial charge >= 0.3 is 0 Å². The molecule has 0 fully saturated rings. The number of ketones is 1. The summed E-state index contributed by atoms with van der Waals surface area (Å²) in [5, 5.41) is 4.95. The Bertz CT molecular complexity index is 1470. The van der Waals surface area contributed by atoms with E-state index in [1.54, 1.807) is 38.3 Å². The lowest BCUT2D eigenvalue weighted by Crippen LogP contribution is -2.42. The number of carbonyl (C=O) groups excluding carboxylic acids is 3. The molecule has 0 spiro atoms. The molecule has 0 heterocycles. The zero-order valence-electron chi connectivity index (χ0n) is 26.8. The maximum atomic E-state index is 14.4. The molecule has 1 N–H and O–H groups in total. The summed E-state index contributed by atoms with van der Waals surface area (Å²) in [6, 6.07) is 26.5. The van der Waals surface area contributed by atoms with Crippen LogP contribution < -0.4 is 10.1 Å². The third-order valence-corrected chi connectivity index (χ3v) is 7.05. The Morgan fingerprint density at radius 3 is 1.95 bits per heavy atom. The maximum absolute atomic E-state index is 14.4. The Morgan fingerprint density at radius 2 is 1.42 bits per heavy atom. The number of nitrogens with one attached hydrogen (secondary N) is 1. The molecule has 6 heteroatoms. The topological polar surface area (TPSA) is 75.7 Å². The molecule has 0 bridgehead atoms. The lowest BCUT2D eigenvalue weighted by molar-refractivity contribution is -0.125. The van der Waals surface area contributed by atoms with Gasteiger partial charge in [-0.05, 0) is 59.6 Å². The fourth-order valence-electron chi connectivity index (χ4n) is 4.59. The standard InChI is InChI=1S/C31H29NO4.C4H11N.C2H6/c1-4-29(34)30(22-11-6-5-7-12-22)32(28(20-33)25-15-10-16-26(18-25)36-3)31(35)27-19-24-14-9-8-13-23(24)17-21(27)2;1-4(2)5-3;1-2/h5-20,28,30H,4H2,1-3H3;4-5H,1-3H3;1-2H3. The van der Waals surface area contributed by atoms with Crippen LogP contribution in [0.2, 0.25) is 0 Å². The quantitative estimate of drug-likeness (QED) is 0.192. The molecule has 1 amide bonds. The zero-order valence-corrected chi connectivity index (χ0v) is 26.8. The largest absolute Gasteiger partial charge is 0.497 e. The van der Waals surface area contributed by atoms with Crippen LogP contribution in [0.1, 0.15) is 80.2 Å². The molecule has 2 atom stereocenters. The molecule has 0 saturated carbocycles. The summed E-state index contributed by atoms with van der Waals surface area (Å²) in [4.78, 5) is 41.9. The number of fused-ring (bicyclic) bond motifs is 1. The number of ether oxygens (including phenoxy) is 1. The molecule has 43 heavy (non-hydrogen) atoms. The Balaban J connectivity index is 0.000000836. The van der Waals surface area contributed by atoms with Crippen LogP contribution in [0.4, 0.5) is 0 Å². The first kappa shape index (κ1) is 34.9. The zero-order chi connectivity index (χ0) is 31.9. The summed E-state index contributed by atoms with van der Waals surface area (Å²) in [6.45, 7) is 11.9. The van der Waals surface area contributed by atoms with Gasteiger partial charge in [-0.3, -0.25) is 9.59 Å². The number of methoxy groups -OCH3 is 1. The fraction of sp³-hybridized carbons (Fsp3) is 0.324. The predicted octanol–water partition coefficient (Wildman–Crippen LogP) is 7.90. The molecule has 0 aliphatic heterocycles. The third-order valence-electron chi connectivity index (χ3n) is 7.05. The summed E-state index contributed by atoms with van der Waals surface area (Å²) >= 11 is 0. The molecule has 0 saturated heterocycles. The van der Waals surface area contributed by atoms with Crippen LogP contribution in [0.3, 0.4) is 0 Å². The van der Waals surface area contributed by atoms with Crippen molar-refractivity contribution in [2.45, 2.75) is 66.1 Å². The Hall–Kier alpha value is -4.29. The van der Waals surface area contributed by atoms with E-state index in [2.05, 4.69) is 19.2 Å². The SMILES string of the molecule is CC.CCC(=O)C(c1ccccc1)N(C(=O)c1cc2ccccc2cc1C)C(C=O)c1cccc(OC)c1.CNC(C)C. The van der Waals surface area contributed by atoms with Crippen molar-refractivity contribution in [3.05, 3.63) is 113 Å². The second kappa shape index (κ2) is 17.6. The van der Waals surface area contributed by atoms with Crippen LogP contribution in [-0.2, 0) is 9.59 Å². The van der Waals surface area contributed by atoms with Gasteiger partial charge in [0.15, 0.2) is 5.78 Å². The van der Waals surface area contributed by atoms with Gasteiger partial charge in [-0.15, -0.1) is 0 Å². The first-order valence-corrected chi connectivity index (χ1v) is 14.9. The van der Waals surface area contributed by atoms with Crippen LogP contribution in [-0.4, -0.2) is 43.1 Å². The predicted molar refractivity (Wildman–Crippen MR) is 177 cm³/mol. The van der Waals surface area contributed by atoms with Gasteiger partial charge < -0.3 is 19.7 Å². The van der Waals surface area contributed by atoms with Gasteiger partial charge in [0.25, 0.3) is 5.91 Å². The number of hydrogen-bond donors (Lipinski definition) is 1. The van der Waals surface area contributed by atoms with Gasteiger partial charge in [-0.1, -0.05) is 107 Å². The highest BCUT2D eigenvalue weighted by Crippen LogP contribution is 2.35. The molecule has 4 aromatic carbocycles. The third kappa shape index (κ3) is 9.10. The Morgan fingerprint density at radius 1 is 0.860 bits per heavy atom. The number of Topliss-reactive ketones (excluding diaryl/α,β-unsaturated/α-hetero) is 1. The minimum Gasteiger partial charge on any atom is -0.497 e. The van der Waals surface area contributed by atoms with E-state index < -0.39 is 12.1 Å². The molecule has 2 unspecified atom stereocenters. The molecule has 228 valence electrons. The molecule has 4 rings (SSSR count). The first-order chi connectivity index (χ1) is 20.7. The first-order valence-electron chi connectivity index (χ1n) is 14.9. The maximum Gasteiger partial charge on any atom is 0.255 e. The minimum atomic E-state index is -1.00. The van der Waals surface area contributed by atoms with Crippen molar-refractivity contribution in [2.24, 2.45) is 0 Å². The van der Waals surface area contributed by atoms with E-state index in [4.69, 9.17) is 4.74 Å². The van der Waals surface area contributed by atoms with Crippen molar-refractivity contribution in [3.63, 3.8) is 0 Å². The molecular weight excluding hydrogens is 536 g/mol. The van der Waals surface area contributed by atoms with Gasteiger partial charge in [-0.2, -0.15) is 0 Å². The number of amides is 1. The number of aldehydes is 1. The summed E-state index contributed by atoms with van der Waals surface area (Å²) in [5.74, 6) is 0.0308. The van der Waals surface area contributed by atoms with Crippen molar-refractivity contribution >= 4 is 28.7 Å². The average Bonchev–Trinajstić information content (AvgIpc) is 3.05. The van der Waals surface area contributed by atoms with Crippen molar-refractivity contribution in [1.29, 1.82) is 0 Å². The normalized spacial score (nSPS) is 11.7. The number of nitrogens with zero attached hydrogens (tertiary/aromatic N) is 1. The summed E-state index contributed by atoms with van der Waals surface area (Å²) in [5.41, 5.74) is 2.45. The minimum absolute atomic E-state index is 0.150. The van der Waals surface area contributed by atoms with Crippen LogP contribution in [0.15, 0.2) is 91.0 Å². The van der Waals surface area contributed by atoms with Crippen LogP contribution in [0.25, 0.3) is 10.8 Å². The van der Waals surface area contributed by atoms with Gasteiger partial charge in [0.1, 0.15) is 24.1 Å². The van der Waals surface area contributed by atoms with Crippen molar-refractivity contribution in [3.8, 4) is 5.75 Å². The Kier molecular flexibility index (Phi) is 14.3. The molecule has 0 aromatic heterocycles. The van der Waals surface area contributed by atoms with Crippen LogP contribution in [0, 0.1) is 6.92 Å². The smallest absolute Gasteiger partial charge is 0.255 e. The van der Waals surface area contributed by atoms with E-state index in [1.165, 1.54) is 4.90 Å². The lowest BCUT2D eigenvalue weighted by atomic mass is 9.93. The van der Waals surface area contributed by atoms with Gasteiger partial charge in [-0.25, -0.2) is 0 Å². The van der Waals surface area contributed by atoms with Crippen molar-refractivity contribution in [2.75, 3.05) is 14.2 Å². The number of carbonyl (C=O) groups is 3. The van der Waals surface area contributed by atoms with Gasteiger partial charge in [0, 0.05) is 18.0 Å². The molecule has 0 aliphatic rings. The van der Waals surface area contributed by atoms with E-state index in [0.717, 1.165) is 22.6 Å².